The van der Waals surface area contributed by atoms with E-state index < -0.39 is 6.09 Å². The minimum absolute atomic E-state index is 0.0610. The van der Waals surface area contributed by atoms with E-state index >= 15 is 0 Å². The van der Waals surface area contributed by atoms with Crippen LogP contribution in [0, 0.1) is 5.41 Å². The number of allylic oxidation sites excluding steroid dienone is 2. The van der Waals surface area contributed by atoms with E-state index in [-0.39, 0.29) is 11.5 Å². The van der Waals surface area contributed by atoms with Gasteiger partial charge in [0, 0.05) is 24.3 Å². The molecule has 1 aliphatic heterocycles. The van der Waals surface area contributed by atoms with Crippen LogP contribution in [-0.4, -0.2) is 77.9 Å². The first-order chi connectivity index (χ1) is 19.7. The van der Waals surface area contributed by atoms with E-state index in [0.29, 0.717) is 12.6 Å². The number of nitrogens with zero attached hydrogens (tertiary/aromatic N) is 5. The van der Waals surface area contributed by atoms with E-state index in [1.807, 2.05) is 6.07 Å². The van der Waals surface area contributed by atoms with Crippen LogP contribution in [0.5, 0.6) is 0 Å². The second-order valence-electron chi connectivity index (χ2n) is 12.3. The van der Waals surface area contributed by atoms with Gasteiger partial charge in [-0.25, -0.2) is 19.7 Å². The summed E-state index contributed by atoms with van der Waals surface area (Å²) in [4.78, 5) is 33.9. The van der Waals surface area contributed by atoms with E-state index in [2.05, 4.69) is 82.0 Å². The van der Waals surface area contributed by atoms with Gasteiger partial charge in [0.05, 0.1) is 37.4 Å². The largest absolute Gasteiger partial charge is 0.453 e. The molecule has 0 spiro atoms. The van der Waals surface area contributed by atoms with Crippen molar-refractivity contribution >= 4 is 34.5 Å². The van der Waals surface area contributed by atoms with Gasteiger partial charge < -0.3 is 24.3 Å². The molecule has 10 heteroatoms. The number of hydrogen-bond acceptors (Lipinski definition) is 8. The normalized spacial score (nSPS) is 20.1. The highest BCUT2D eigenvalue weighted by Gasteiger charge is 2.33. The fraction of sp³-hybridized carbons (Fsp3) is 0.484. The Morgan fingerprint density at radius 1 is 1.27 bits per heavy atom. The number of amides is 1. The molecular weight excluding hydrogens is 518 g/mol. The van der Waals surface area contributed by atoms with Crippen molar-refractivity contribution in [1.29, 1.82) is 0 Å². The monoisotopic (exact) mass is 557 g/mol. The van der Waals surface area contributed by atoms with Gasteiger partial charge in [-0.1, -0.05) is 32.1 Å². The molecule has 1 aromatic carbocycles. The molecule has 0 radical (unpaired) electrons. The Kier molecular flexibility index (Phi) is 7.29. The number of ether oxygens (including phenoxy) is 2. The molecule has 1 unspecified atom stereocenters. The molecular formula is C31H39N7O3. The number of rotatable bonds is 5. The number of aromatic nitrogens is 4. The molecule has 6 rings (SSSR count). The number of benzene rings is 1. The first-order valence-electron chi connectivity index (χ1n) is 14.3. The number of aryl methyl sites for hydroxylation is 1. The van der Waals surface area contributed by atoms with E-state index in [1.165, 1.54) is 23.9 Å². The number of carbonyl (C=O) groups is 1. The van der Waals surface area contributed by atoms with Gasteiger partial charge in [-0.2, -0.15) is 0 Å². The van der Waals surface area contributed by atoms with Crippen molar-refractivity contribution in [2.75, 3.05) is 51.1 Å². The Morgan fingerprint density at radius 3 is 2.93 bits per heavy atom. The molecule has 1 amide bonds. The fourth-order valence-corrected chi connectivity index (χ4v) is 6.04. The van der Waals surface area contributed by atoms with Gasteiger partial charge in [-0.05, 0) is 74.0 Å². The van der Waals surface area contributed by atoms with Crippen LogP contribution in [0.3, 0.4) is 0 Å². The van der Waals surface area contributed by atoms with Crippen LogP contribution in [0.4, 0.5) is 16.6 Å². The Morgan fingerprint density at radius 2 is 2.12 bits per heavy atom. The molecule has 3 aromatic rings. The molecule has 2 aromatic heterocycles. The summed E-state index contributed by atoms with van der Waals surface area (Å²) < 4.78 is 11.1. The maximum Gasteiger partial charge on any atom is 0.413 e. The quantitative estimate of drug-likeness (QED) is 0.464. The first kappa shape index (κ1) is 27.4. The summed E-state index contributed by atoms with van der Waals surface area (Å²) in [6, 6.07) is 6.10. The SMILES string of the molecule is COC(=O)Nc1nc2ccc(C3=CCC4OCCN(c5nc(CN(C)C)nc6c5CC(C)(C)CC6)CC4=C3)cc2[nH]1. The van der Waals surface area contributed by atoms with Crippen molar-refractivity contribution in [1.82, 2.24) is 24.8 Å². The maximum absolute atomic E-state index is 11.6. The van der Waals surface area contributed by atoms with Gasteiger partial charge in [0.1, 0.15) is 11.6 Å². The van der Waals surface area contributed by atoms with Crippen molar-refractivity contribution in [3.63, 3.8) is 0 Å². The summed E-state index contributed by atoms with van der Waals surface area (Å²) in [6.07, 6.45) is 7.97. The average molecular weight is 558 g/mol. The third-order valence-electron chi connectivity index (χ3n) is 8.15. The van der Waals surface area contributed by atoms with Crippen molar-refractivity contribution in [2.45, 2.75) is 52.2 Å². The van der Waals surface area contributed by atoms with Crippen LogP contribution in [0.2, 0.25) is 0 Å². The van der Waals surface area contributed by atoms with Crippen LogP contribution in [0.25, 0.3) is 16.6 Å². The van der Waals surface area contributed by atoms with Gasteiger partial charge in [-0.3, -0.25) is 5.32 Å². The van der Waals surface area contributed by atoms with Crippen LogP contribution >= 0.6 is 0 Å². The molecule has 2 aliphatic carbocycles. The summed E-state index contributed by atoms with van der Waals surface area (Å²) in [7, 11) is 5.45. The van der Waals surface area contributed by atoms with Crippen LogP contribution in [-0.2, 0) is 28.9 Å². The number of aromatic amines is 1. The Balaban J connectivity index is 1.31. The van der Waals surface area contributed by atoms with Crippen LogP contribution in [0.15, 0.2) is 35.9 Å². The van der Waals surface area contributed by atoms with Crippen LogP contribution < -0.4 is 10.2 Å². The molecule has 10 nitrogen and oxygen atoms in total. The molecule has 1 saturated heterocycles. The van der Waals surface area contributed by atoms with E-state index in [1.54, 1.807) is 0 Å². The van der Waals surface area contributed by atoms with Gasteiger partial charge in [0.25, 0.3) is 0 Å². The highest BCUT2D eigenvalue weighted by atomic mass is 16.5. The van der Waals surface area contributed by atoms with E-state index in [0.717, 1.165) is 79.1 Å². The summed E-state index contributed by atoms with van der Waals surface area (Å²) in [5.74, 6) is 2.32. The zero-order valence-electron chi connectivity index (χ0n) is 24.6. The zero-order valence-corrected chi connectivity index (χ0v) is 24.6. The standard InChI is InChI=1S/C31H39N7O3/c1-31(2)11-10-23-22(16-31)28(35-27(32-23)18-37(3)4)38-12-13-41-26-9-7-19(14-21(26)17-38)20-6-8-24-25(15-20)34-29(33-24)36-30(39)40-5/h6-8,14-15,26H,9-13,16-18H2,1-5H3,(H2,33,34,36,39). The lowest BCUT2D eigenvalue weighted by atomic mass is 9.76. The molecule has 3 heterocycles. The average Bonchev–Trinajstić information content (AvgIpc) is 3.20. The molecule has 1 atom stereocenters. The molecule has 216 valence electrons. The van der Waals surface area contributed by atoms with Gasteiger partial charge in [-0.15, -0.1) is 0 Å². The second kappa shape index (κ2) is 10.9. The number of H-pyrrole nitrogens is 1. The van der Waals surface area contributed by atoms with Gasteiger partial charge in [0.2, 0.25) is 5.95 Å². The minimum atomic E-state index is -0.560. The number of hydrogen-bond donors (Lipinski definition) is 2. The molecule has 41 heavy (non-hydrogen) atoms. The van der Waals surface area contributed by atoms with Crippen molar-refractivity contribution in [2.24, 2.45) is 5.41 Å². The smallest absolute Gasteiger partial charge is 0.413 e. The highest BCUT2D eigenvalue weighted by Crippen LogP contribution is 2.39. The van der Waals surface area contributed by atoms with Crippen molar-refractivity contribution in [3.05, 3.63) is 58.6 Å². The molecule has 2 N–H and O–H groups in total. The van der Waals surface area contributed by atoms with E-state index in [4.69, 9.17) is 14.7 Å². The van der Waals surface area contributed by atoms with Crippen LogP contribution in [0.1, 0.15) is 49.3 Å². The predicted molar refractivity (Wildman–Crippen MR) is 160 cm³/mol. The molecule has 0 bridgehead atoms. The minimum Gasteiger partial charge on any atom is -0.453 e. The van der Waals surface area contributed by atoms with Gasteiger partial charge in [0.15, 0.2) is 0 Å². The molecule has 0 saturated carbocycles. The Bertz CT molecular complexity index is 1540. The lowest BCUT2D eigenvalue weighted by Gasteiger charge is -2.35. The topological polar surface area (TPSA) is 108 Å². The number of nitrogens with one attached hydrogen (secondary N) is 2. The summed E-state index contributed by atoms with van der Waals surface area (Å²) in [6.45, 7) is 7.64. The number of methoxy groups -OCH3 is 1. The maximum atomic E-state index is 11.6. The third-order valence-corrected chi connectivity index (χ3v) is 8.15. The molecule has 3 aliphatic rings. The van der Waals surface area contributed by atoms with Gasteiger partial charge >= 0.3 is 6.09 Å². The number of anilines is 2. The lowest BCUT2D eigenvalue weighted by molar-refractivity contribution is 0.0919. The number of carbonyl (C=O) groups excluding carboxylic acids is 1. The van der Waals surface area contributed by atoms with Crippen molar-refractivity contribution < 1.29 is 14.3 Å². The lowest BCUT2D eigenvalue weighted by Crippen LogP contribution is -2.33. The number of fused-ring (bicyclic) bond motifs is 3. The Hall–Kier alpha value is -3.76. The fourth-order valence-electron chi connectivity index (χ4n) is 6.04. The second-order valence-corrected chi connectivity index (χ2v) is 12.3. The summed E-state index contributed by atoms with van der Waals surface area (Å²) in [5, 5.41) is 2.60. The zero-order chi connectivity index (χ0) is 28.7. The highest BCUT2D eigenvalue weighted by molar-refractivity contribution is 5.88. The first-order valence-corrected chi connectivity index (χ1v) is 14.3. The Labute approximate surface area is 240 Å². The summed E-state index contributed by atoms with van der Waals surface area (Å²) >= 11 is 0. The third kappa shape index (κ3) is 5.85. The predicted octanol–water partition coefficient (Wildman–Crippen LogP) is 4.73. The summed E-state index contributed by atoms with van der Waals surface area (Å²) in [5.41, 5.74) is 7.86. The van der Waals surface area contributed by atoms with E-state index in [9.17, 15) is 4.79 Å². The number of imidazole rings is 1. The van der Waals surface area contributed by atoms with Crippen molar-refractivity contribution in [3.8, 4) is 0 Å². The molecule has 1 fully saturated rings.